The zero-order valence-electron chi connectivity index (χ0n) is 15.9. The molecule has 0 atom stereocenters. The zero-order valence-corrected chi connectivity index (χ0v) is 16.7. The Hall–Kier alpha value is -3.06. The third-order valence-corrected chi connectivity index (χ3v) is 6.39. The van der Waals surface area contributed by atoms with Gasteiger partial charge in [-0.25, -0.2) is 4.98 Å². The van der Waals surface area contributed by atoms with E-state index in [0.29, 0.717) is 17.6 Å². The van der Waals surface area contributed by atoms with Crippen LogP contribution in [0.4, 0.5) is 0 Å². The van der Waals surface area contributed by atoms with Crippen molar-refractivity contribution in [3.8, 4) is 11.3 Å². The maximum Gasteiger partial charge on any atom is 0.280 e. The number of benzene rings is 1. The maximum atomic E-state index is 12.6. The molecule has 6 nitrogen and oxygen atoms in total. The molecule has 0 unspecified atom stereocenters. The molecule has 3 heterocycles. The highest BCUT2D eigenvalue weighted by molar-refractivity contribution is 7.20. The summed E-state index contributed by atoms with van der Waals surface area (Å²) < 4.78 is 3.16. The number of nitrogens with one attached hydrogen (secondary N) is 1. The number of carbonyl (C=O) groups excluding carboxylic acids is 1. The molecule has 1 saturated carbocycles. The lowest BCUT2D eigenvalue weighted by Gasteiger charge is -2.14. The number of hydrogen-bond donors (Lipinski definition) is 1. The number of nitrogens with zero attached hydrogens (tertiary/aromatic N) is 4. The quantitative estimate of drug-likeness (QED) is 0.529. The van der Waals surface area contributed by atoms with Gasteiger partial charge in [0.15, 0.2) is 5.01 Å². The van der Waals surface area contributed by atoms with Gasteiger partial charge in [0.1, 0.15) is 0 Å². The SMILES string of the molecule is O=C(NCc1cc(-c2ccncc2)n(C2CCCC2)n1)c1nc2ccccc2s1. The first-order chi connectivity index (χ1) is 14.3. The molecule has 1 aliphatic carbocycles. The second-order valence-corrected chi connectivity index (χ2v) is 8.34. The van der Waals surface area contributed by atoms with Gasteiger partial charge in [0, 0.05) is 18.0 Å². The van der Waals surface area contributed by atoms with Gasteiger partial charge >= 0.3 is 0 Å². The van der Waals surface area contributed by atoms with Crippen LogP contribution >= 0.6 is 11.3 Å². The van der Waals surface area contributed by atoms with E-state index in [1.54, 1.807) is 12.4 Å². The number of thiazole rings is 1. The molecule has 0 spiro atoms. The van der Waals surface area contributed by atoms with E-state index in [2.05, 4.69) is 26.0 Å². The van der Waals surface area contributed by atoms with E-state index in [4.69, 9.17) is 5.10 Å². The largest absolute Gasteiger partial charge is 0.344 e. The van der Waals surface area contributed by atoms with Gasteiger partial charge in [0.05, 0.1) is 34.2 Å². The standard InChI is InChI=1S/C22H21N5OS/c28-21(22-25-18-7-3-4-8-20(18)29-22)24-14-16-13-19(15-9-11-23-12-10-15)27(26-16)17-5-1-2-6-17/h3-4,7-13,17H,1-2,5-6,14H2,(H,24,28). The highest BCUT2D eigenvalue weighted by Crippen LogP contribution is 2.33. The number of para-hydroxylation sites is 1. The van der Waals surface area contributed by atoms with Gasteiger partial charge in [0.2, 0.25) is 0 Å². The molecule has 1 aromatic carbocycles. The number of fused-ring (bicyclic) bond motifs is 1. The number of pyridine rings is 1. The van der Waals surface area contributed by atoms with Crippen molar-refractivity contribution in [2.24, 2.45) is 0 Å². The molecule has 3 aromatic heterocycles. The van der Waals surface area contributed by atoms with Crippen molar-refractivity contribution >= 4 is 27.5 Å². The van der Waals surface area contributed by atoms with Gasteiger partial charge in [0.25, 0.3) is 5.91 Å². The van der Waals surface area contributed by atoms with Crippen LogP contribution in [-0.2, 0) is 6.54 Å². The minimum absolute atomic E-state index is 0.160. The van der Waals surface area contributed by atoms with E-state index in [1.807, 2.05) is 36.4 Å². The summed E-state index contributed by atoms with van der Waals surface area (Å²) in [7, 11) is 0. The molecule has 0 aliphatic heterocycles. The van der Waals surface area contributed by atoms with E-state index in [1.165, 1.54) is 24.2 Å². The lowest BCUT2D eigenvalue weighted by molar-refractivity contribution is 0.0950. The predicted octanol–water partition coefficient (Wildman–Crippen LogP) is 4.60. The van der Waals surface area contributed by atoms with Crippen molar-refractivity contribution < 1.29 is 4.79 Å². The predicted molar refractivity (Wildman–Crippen MR) is 114 cm³/mol. The summed E-state index contributed by atoms with van der Waals surface area (Å²) in [6.07, 6.45) is 8.38. The Labute approximate surface area is 172 Å². The highest BCUT2D eigenvalue weighted by Gasteiger charge is 2.22. The molecule has 5 rings (SSSR count). The van der Waals surface area contributed by atoms with Crippen LogP contribution in [0.2, 0.25) is 0 Å². The molecule has 1 fully saturated rings. The number of hydrogen-bond acceptors (Lipinski definition) is 5. The number of carbonyl (C=O) groups is 1. The van der Waals surface area contributed by atoms with Gasteiger partial charge in [-0.05, 0) is 43.2 Å². The van der Waals surface area contributed by atoms with Gasteiger partial charge in [-0.1, -0.05) is 25.0 Å². The Bertz CT molecular complexity index is 1110. The fraction of sp³-hybridized carbons (Fsp3) is 0.273. The summed E-state index contributed by atoms with van der Waals surface area (Å²) in [5, 5.41) is 8.30. The van der Waals surface area contributed by atoms with E-state index < -0.39 is 0 Å². The third-order valence-electron chi connectivity index (χ3n) is 5.35. The second kappa shape index (κ2) is 7.75. The zero-order chi connectivity index (χ0) is 19.6. The molecule has 1 N–H and O–H groups in total. The van der Waals surface area contributed by atoms with Crippen LogP contribution in [0.15, 0.2) is 54.9 Å². The first-order valence-electron chi connectivity index (χ1n) is 9.90. The highest BCUT2D eigenvalue weighted by atomic mass is 32.1. The van der Waals surface area contributed by atoms with Crippen LogP contribution in [0.3, 0.4) is 0 Å². The molecular weight excluding hydrogens is 382 g/mol. The molecule has 146 valence electrons. The van der Waals surface area contributed by atoms with Crippen LogP contribution in [-0.4, -0.2) is 25.7 Å². The van der Waals surface area contributed by atoms with Crippen LogP contribution in [0.1, 0.15) is 47.2 Å². The number of amides is 1. The molecular formula is C22H21N5OS. The van der Waals surface area contributed by atoms with Gasteiger partial charge < -0.3 is 5.32 Å². The maximum absolute atomic E-state index is 12.6. The fourth-order valence-electron chi connectivity index (χ4n) is 3.91. The third kappa shape index (κ3) is 3.65. The fourth-order valence-corrected chi connectivity index (χ4v) is 4.79. The van der Waals surface area contributed by atoms with Gasteiger partial charge in [-0.2, -0.15) is 5.10 Å². The molecule has 7 heteroatoms. The van der Waals surface area contributed by atoms with Gasteiger partial charge in [-0.3, -0.25) is 14.5 Å². The monoisotopic (exact) mass is 403 g/mol. The lowest BCUT2D eigenvalue weighted by Crippen LogP contribution is -2.23. The second-order valence-electron chi connectivity index (χ2n) is 7.31. The minimum atomic E-state index is -0.160. The van der Waals surface area contributed by atoms with Crippen molar-refractivity contribution in [3.63, 3.8) is 0 Å². The van der Waals surface area contributed by atoms with E-state index in [-0.39, 0.29) is 5.91 Å². The van der Waals surface area contributed by atoms with Crippen molar-refractivity contribution in [2.45, 2.75) is 38.3 Å². The molecule has 0 bridgehead atoms. The Morgan fingerprint density at radius 2 is 1.93 bits per heavy atom. The Morgan fingerprint density at radius 1 is 1.14 bits per heavy atom. The van der Waals surface area contributed by atoms with Crippen molar-refractivity contribution in [1.82, 2.24) is 25.1 Å². The van der Waals surface area contributed by atoms with Crippen LogP contribution < -0.4 is 5.32 Å². The summed E-state index contributed by atoms with van der Waals surface area (Å²) in [5.74, 6) is -0.160. The topological polar surface area (TPSA) is 72.7 Å². The Balaban J connectivity index is 1.37. The lowest BCUT2D eigenvalue weighted by atomic mass is 10.1. The Morgan fingerprint density at radius 3 is 2.72 bits per heavy atom. The number of aromatic nitrogens is 4. The van der Waals surface area contributed by atoms with Crippen LogP contribution in [0, 0.1) is 0 Å². The normalized spacial score (nSPS) is 14.5. The first-order valence-corrected chi connectivity index (χ1v) is 10.7. The molecule has 4 aromatic rings. The molecule has 0 radical (unpaired) electrons. The van der Waals surface area contributed by atoms with Crippen molar-refractivity contribution in [2.75, 3.05) is 0 Å². The van der Waals surface area contributed by atoms with Gasteiger partial charge in [-0.15, -0.1) is 11.3 Å². The summed E-state index contributed by atoms with van der Waals surface area (Å²) in [5.41, 5.74) is 3.90. The summed E-state index contributed by atoms with van der Waals surface area (Å²) >= 11 is 1.41. The molecule has 0 saturated heterocycles. The number of rotatable bonds is 5. The van der Waals surface area contributed by atoms with Crippen LogP contribution in [0.25, 0.3) is 21.5 Å². The van der Waals surface area contributed by atoms with Crippen molar-refractivity contribution in [1.29, 1.82) is 0 Å². The van der Waals surface area contributed by atoms with E-state index in [0.717, 1.165) is 40.0 Å². The van der Waals surface area contributed by atoms with Crippen molar-refractivity contribution in [3.05, 3.63) is 65.6 Å². The molecule has 1 aliphatic rings. The Kier molecular flexibility index (Phi) is 4.81. The summed E-state index contributed by atoms with van der Waals surface area (Å²) in [4.78, 5) is 21.2. The smallest absolute Gasteiger partial charge is 0.280 e. The van der Waals surface area contributed by atoms with E-state index in [9.17, 15) is 4.79 Å². The average molecular weight is 404 g/mol. The minimum Gasteiger partial charge on any atom is -0.344 e. The molecule has 1 amide bonds. The summed E-state index contributed by atoms with van der Waals surface area (Å²) in [6.45, 7) is 0.382. The average Bonchev–Trinajstić information content (AvgIpc) is 3.51. The van der Waals surface area contributed by atoms with Crippen LogP contribution in [0.5, 0.6) is 0 Å². The molecule has 29 heavy (non-hydrogen) atoms. The summed E-state index contributed by atoms with van der Waals surface area (Å²) in [6, 6.07) is 14.3. The van der Waals surface area contributed by atoms with E-state index >= 15 is 0 Å². The first kappa shape index (κ1) is 18.0.